The summed E-state index contributed by atoms with van der Waals surface area (Å²) in [7, 11) is 0. The van der Waals surface area contributed by atoms with Crippen LogP contribution in [0.3, 0.4) is 0 Å². The third-order valence-electron chi connectivity index (χ3n) is 4.09. The summed E-state index contributed by atoms with van der Waals surface area (Å²) in [5, 5.41) is 3.88. The molecule has 2 aromatic carbocycles. The molecule has 0 aliphatic carbocycles. The molecule has 3 rings (SSSR count). The van der Waals surface area contributed by atoms with E-state index in [0.717, 1.165) is 11.1 Å². The maximum absolute atomic E-state index is 12.1. The van der Waals surface area contributed by atoms with Crippen molar-refractivity contribution in [3.8, 4) is 17.1 Å². The number of carbonyl (C=O) groups is 2. The van der Waals surface area contributed by atoms with E-state index in [9.17, 15) is 9.59 Å². The van der Waals surface area contributed by atoms with Crippen molar-refractivity contribution in [1.82, 2.24) is 5.43 Å². The molecule has 1 heterocycles. The Morgan fingerprint density at radius 1 is 1.10 bits per heavy atom. The molecule has 160 valence electrons. The van der Waals surface area contributed by atoms with Gasteiger partial charge in [-0.05, 0) is 62.7 Å². The van der Waals surface area contributed by atoms with Gasteiger partial charge in [0.25, 0.3) is 5.91 Å². The van der Waals surface area contributed by atoms with E-state index < -0.39 is 0 Å². The molecule has 0 spiro atoms. The SMILES string of the molecule is Cc1cccc(OCC(=O)N/N=C\c2ccc(-c3cccc(C(=O)OC(C)C)c3)o2)c1. The number of aryl methyl sites for hydroxylation is 1. The number of nitrogens with one attached hydrogen (secondary N) is 1. The maximum Gasteiger partial charge on any atom is 0.338 e. The molecule has 0 unspecified atom stereocenters. The standard InChI is InChI=1S/C24H24N2O5/c1-16(2)30-24(28)19-8-5-7-18(13-19)22-11-10-21(31-22)14-25-26-23(27)15-29-20-9-4-6-17(3)12-20/h4-14,16H,15H2,1-3H3,(H,26,27)/b25-14-. The first-order valence-electron chi connectivity index (χ1n) is 9.83. The number of esters is 1. The third-order valence-corrected chi connectivity index (χ3v) is 4.09. The van der Waals surface area contributed by atoms with Crippen LogP contribution in [0, 0.1) is 6.92 Å². The summed E-state index contributed by atoms with van der Waals surface area (Å²) in [5.74, 6) is 0.857. The van der Waals surface area contributed by atoms with Crippen molar-refractivity contribution >= 4 is 18.1 Å². The monoisotopic (exact) mass is 420 g/mol. The Morgan fingerprint density at radius 2 is 1.90 bits per heavy atom. The molecule has 0 radical (unpaired) electrons. The maximum atomic E-state index is 12.1. The van der Waals surface area contributed by atoms with Crippen LogP contribution >= 0.6 is 0 Å². The van der Waals surface area contributed by atoms with E-state index >= 15 is 0 Å². The van der Waals surface area contributed by atoms with Gasteiger partial charge < -0.3 is 13.9 Å². The van der Waals surface area contributed by atoms with E-state index in [1.165, 1.54) is 6.21 Å². The van der Waals surface area contributed by atoms with Gasteiger partial charge in [0.15, 0.2) is 6.61 Å². The molecule has 0 fully saturated rings. The zero-order valence-corrected chi connectivity index (χ0v) is 17.6. The minimum absolute atomic E-state index is 0.149. The fraction of sp³-hybridized carbons (Fsp3) is 0.208. The molecule has 0 atom stereocenters. The highest BCUT2D eigenvalue weighted by atomic mass is 16.5. The molecular formula is C24H24N2O5. The fourth-order valence-corrected chi connectivity index (χ4v) is 2.71. The van der Waals surface area contributed by atoms with Gasteiger partial charge in [-0.15, -0.1) is 0 Å². The molecule has 0 saturated heterocycles. The number of hydrazone groups is 1. The number of carbonyl (C=O) groups excluding carboxylic acids is 2. The number of nitrogens with zero attached hydrogens (tertiary/aromatic N) is 1. The van der Waals surface area contributed by atoms with Gasteiger partial charge in [0.2, 0.25) is 0 Å². The highest BCUT2D eigenvalue weighted by Gasteiger charge is 2.12. The molecule has 0 aliphatic rings. The summed E-state index contributed by atoms with van der Waals surface area (Å²) in [4.78, 5) is 24.0. The molecular weight excluding hydrogens is 396 g/mol. The summed E-state index contributed by atoms with van der Waals surface area (Å²) in [6, 6.07) is 17.9. The van der Waals surface area contributed by atoms with Crippen molar-refractivity contribution in [3.05, 3.63) is 77.6 Å². The van der Waals surface area contributed by atoms with Crippen molar-refractivity contribution in [3.63, 3.8) is 0 Å². The van der Waals surface area contributed by atoms with Gasteiger partial charge in [0.05, 0.1) is 17.9 Å². The van der Waals surface area contributed by atoms with E-state index in [2.05, 4.69) is 10.5 Å². The van der Waals surface area contributed by atoms with Crippen LogP contribution in [0.5, 0.6) is 5.75 Å². The van der Waals surface area contributed by atoms with E-state index in [0.29, 0.717) is 22.8 Å². The smallest absolute Gasteiger partial charge is 0.338 e. The van der Waals surface area contributed by atoms with Gasteiger partial charge in [0, 0.05) is 5.56 Å². The number of ether oxygens (including phenoxy) is 2. The quantitative estimate of drug-likeness (QED) is 0.332. The minimum atomic E-state index is -0.388. The highest BCUT2D eigenvalue weighted by Crippen LogP contribution is 2.23. The topological polar surface area (TPSA) is 90.1 Å². The molecule has 1 aromatic heterocycles. The van der Waals surface area contributed by atoms with Crippen LogP contribution in [0.25, 0.3) is 11.3 Å². The van der Waals surface area contributed by atoms with Crippen molar-refractivity contribution in [1.29, 1.82) is 0 Å². The highest BCUT2D eigenvalue weighted by molar-refractivity contribution is 5.91. The molecule has 1 amide bonds. The Balaban J connectivity index is 1.55. The Labute approximate surface area is 180 Å². The number of hydrogen-bond donors (Lipinski definition) is 1. The number of hydrogen-bond acceptors (Lipinski definition) is 6. The first-order valence-corrected chi connectivity index (χ1v) is 9.83. The molecule has 0 bridgehead atoms. The van der Waals surface area contributed by atoms with E-state index in [4.69, 9.17) is 13.9 Å². The van der Waals surface area contributed by atoms with E-state index in [-0.39, 0.29) is 24.6 Å². The van der Waals surface area contributed by atoms with Gasteiger partial charge in [0.1, 0.15) is 17.3 Å². The Kier molecular flexibility index (Phi) is 7.22. The zero-order chi connectivity index (χ0) is 22.2. The zero-order valence-electron chi connectivity index (χ0n) is 17.6. The summed E-state index contributed by atoms with van der Waals surface area (Å²) in [6.45, 7) is 5.40. The van der Waals surface area contributed by atoms with Crippen molar-refractivity contribution in [2.24, 2.45) is 5.10 Å². The van der Waals surface area contributed by atoms with Crippen LogP contribution < -0.4 is 10.2 Å². The second-order valence-electron chi connectivity index (χ2n) is 7.14. The largest absolute Gasteiger partial charge is 0.484 e. The first-order chi connectivity index (χ1) is 14.9. The molecule has 1 N–H and O–H groups in total. The number of amides is 1. The predicted molar refractivity (Wildman–Crippen MR) is 117 cm³/mol. The summed E-state index contributed by atoms with van der Waals surface area (Å²) < 4.78 is 16.4. The Hall–Kier alpha value is -3.87. The van der Waals surface area contributed by atoms with Gasteiger partial charge in [-0.25, -0.2) is 10.2 Å². The molecule has 0 aliphatic heterocycles. The second kappa shape index (κ2) is 10.2. The number of rotatable bonds is 8. The van der Waals surface area contributed by atoms with Crippen molar-refractivity contribution in [2.75, 3.05) is 6.61 Å². The molecule has 7 heteroatoms. The normalized spacial score (nSPS) is 11.0. The summed E-state index contributed by atoms with van der Waals surface area (Å²) >= 11 is 0. The van der Waals surface area contributed by atoms with E-state index in [1.54, 1.807) is 50.2 Å². The lowest BCUT2D eigenvalue weighted by Gasteiger charge is -2.08. The lowest BCUT2D eigenvalue weighted by Crippen LogP contribution is -2.24. The predicted octanol–water partition coefficient (Wildman–Crippen LogP) is 4.35. The number of furan rings is 1. The average molecular weight is 420 g/mol. The van der Waals surface area contributed by atoms with Crippen LogP contribution in [0.4, 0.5) is 0 Å². The summed E-state index contributed by atoms with van der Waals surface area (Å²) in [5.41, 5.74) is 4.61. The van der Waals surface area contributed by atoms with Crippen molar-refractivity contribution in [2.45, 2.75) is 26.9 Å². The van der Waals surface area contributed by atoms with Gasteiger partial charge in [-0.2, -0.15) is 5.10 Å². The molecule has 3 aromatic rings. The van der Waals surface area contributed by atoms with Gasteiger partial charge >= 0.3 is 5.97 Å². The first kappa shape index (κ1) is 21.8. The van der Waals surface area contributed by atoms with Crippen molar-refractivity contribution < 1.29 is 23.5 Å². The average Bonchev–Trinajstić information content (AvgIpc) is 3.21. The Morgan fingerprint density at radius 3 is 2.68 bits per heavy atom. The fourth-order valence-electron chi connectivity index (χ4n) is 2.71. The second-order valence-corrected chi connectivity index (χ2v) is 7.14. The molecule has 0 saturated carbocycles. The lowest BCUT2D eigenvalue weighted by atomic mass is 10.1. The van der Waals surface area contributed by atoms with Gasteiger partial charge in [-0.1, -0.05) is 24.3 Å². The summed E-state index contributed by atoms with van der Waals surface area (Å²) in [6.07, 6.45) is 1.20. The van der Waals surface area contributed by atoms with Crippen LogP contribution in [-0.2, 0) is 9.53 Å². The minimum Gasteiger partial charge on any atom is -0.484 e. The lowest BCUT2D eigenvalue weighted by molar-refractivity contribution is -0.123. The molecule has 31 heavy (non-hydrogen) atoms. The van der Waals surface area contributed by atoms with Gasteiger partial charge in [-0.3, -0.25) is 4.79 Å². The Bertz CT molecular complexity index is 1080. The van der Waals surface area contributed by atoms with Crippen LogP contribution in [0.15, 0.2) is 70.2 Å². The van der Waals surface area contributed by atoms with Crippen LogP contribution in [0.1, 0.15) is 35.5 Å². The van der Waals surface area contributed by atoms with Crippen LogP contribution in [-0.4, -0.2) is 30.8 Å². The van der Waals surface area contributed by atoms with Crippen LogP contribution in [0.2, 0.25) is 0 Å². The number of benzene rings is 2. The third kappa shape index (κ3) is 6.57. The van der Waals surface area contributed by atoms with E-state index in [1.807, 2.05) is 31.2 Å². The molecule has 7 nitrogen and oxygen atoms in total.